The molecule has 0 radical (unpaired) electrons. The Bertz CT molecular complexity index is 490. The summed E-state index contributed by atoms with van der Waals surface area (Å²) in [4.78, 5) is 14.7. The molecule has 1 aromatic rings. The lowest BCUT2D eigenvalue weighted by molar-refractivity contribution is -0.119. The van der Waals surface area contributed by atoms with E-state index < -0.39 is 0 Å². The first-order valence-electron chi connectivity index (χ1n) is 8.00. The zero-order chi connectivity index (χ0) is 15.5. The van der Waals surface area contributed by atoms with E-state index in [0.717, 1.165) is 37.3 Å². The van der Waals surface area contributed by atoms with E-state index in [1.54, 1.807) is 0 Å². The highest BCUT2D eigenvalue weighted by Gasteiger charge is 2.24. The third-order valence-electron chi connectivity index (χ3n) is 3.85. The highest BCUT2D eigenvalue weighted by molar-refractivity contribution is 5.97. The van der Waals surface area contributed by atoms with E-state index in [1.807, 2.05) is 23.1 Å². The molecular weight excluding hydrogens is 260 g/mol. The molecule has 2 rings (SSSR count). The Morgan fingerprint density at radius 2 is 2.05 bits per heavy atom. The van der Waals surface area contributed by atoms with Crippen LogP contribution < -0.4 is 10.2 Å². The Labute approximate surface area is 128 Å². The molecule has 1 aliphatic rings. The number of fused-ring (bicyclic) bond motifs is 1. The van der Waals surface area contributed by atoms with E-state index in [2.05, 4.69) is 39.1 Å². The van der Waals surface area contributed by atoms with Gasteiger partial charge in [0.1, 0.15) is 0 Å². The maximum Gasteiger partial charge on any atom is 0.227 e. The molecule has 0 spiro atoms. The second-order valence-corrected chi connectivity index (χ2v) is 7.42. The number of carbonyl (C=O) groups excluding carboxylic acids is 1. The quantitative estimate of drug-likeness (QED) is 0.899. The summed E-state index contributed by atoms with van der Waals surface area (Å²) in [6.07, 6.45) is 2.70. The Morgan fingerprint density at radius 1 is 1.33 bits per heavy atom. The highest BCUT2D eigenvalue weighted by atomic mass is 16.2. The van der Waals surface area contributed by atoms with Gasteiger partial charge in [-0.15, -0.1) is 0 Å². The molecule has 1 amide bonds. The van der Waals surface area contributed by atoms with Gasteiger partial charge in [-0.25, -0.2) is 0 Å². The van der Waals surface area contributed by atoms with Crippen LogP contribution in [0.25, 0.3) is 0 Å². The van der Waals surface area contributed by atoms with Crippen LogP contribution in [0.1, 0.15) is 47.0 Å². The van der Waals surface area contributed by atoms with Crippen molar-refractivity contribution >= 4 is 17.3 Å². The summed E-state index contributed by atoms with van der Waals surface area (Å²) in [7, 11) is 0. The van der Waals surface area contributed by atoms with E-state index in [9.17, 15) is 4.79 Å². The molecule has 1 N–H and O–H groups in total. The highest BCUT2D eigenvalue weighted by Crippen LogP contribution is 2.31. The number of nitrogens with one attached hydrogen (secondary N) is 1. The van der Waals surface area contributed by atoms with Gasteiger partial charge < -0.3 is 10.2 Å². The molecule has 3 heteroatoms. The van der Waals surface area contributed by atoms with Crippen LogP contribution in [0.4, 0.5) is 11.4 Å². The lowest BCUT2D eigenvalue weighted by Gasteiger charge is -2.27. The number of hydrogen-bond acceptors (Lipinski definition) is 2. The number of amides is 1. The monoisotopic (exact) mass is 288 g/mol. The minimum Gasteiger partial charge on any atom is -0.383 e. The first-order valence-corrected chi connectivity index (χ1v) is 8.00. The van der Waals surface area contributed by atoms with Crippen LogP contribution in [-0.2, 0) is 4.79 Å². The first kappa shape index (κ1) is 15.9. The summed E-state index contributed by atoms with van der Waals surface area (Å²) < 4.78 is 0. The van der Waals surface area contributed by atoms with Gasteiger partial charge in [-0.3, -0.25) is 4.79 Å². The summed E-state index contributed by atoms with van der Waals surface area (Å²) in [5.41, 5.74) is 2.38. The molecule has 116 valence electrons. The zero-order valence-corrected chi connectivity index (χ0v) is 13.8. The molecule has 0 saturated carbocycles. The van der Waals surface area contributed by atoms with E-state index in [0.29, 0.717) is 12.3 Å². The van der Waals surface area contributed by atoms with Gasteiger partial charge >= 0.3 is 0 Å². The third-order valence-corrected chi connectivity index (χ3v) is 3.85. The van der Waals surface area contributed by atoms with Crippen molar-refractivity contribution in [3.05, 3.63) is 24.3 Å². The molecule has 0 aromatic heterocycles. The van der Waals surface area contributed by atoms with Gasteiger partial charge in [-0.1, -0.05) is 39.8 Å². The molecule has 1 aromatic carbocycles. The van der Waals surface area contributed by atoms with Gasteiger partial charge in [-0.05, 0) is 36.3 Å². The fourth-order valence-corrected chi connectivity index (χ4v) is 3.22. The summed E-state index contributed by atoms with van der Waals surface area (Å²) in [5.74, 6) is 0.670. The van der Waals surface area contributed by atoms with Crippen LogP contribution in [0.3, 0.4) is 0 Å². The number of hydrogen-bond donors (Lipinski definition) is 1. The first-order chi connectivity index (χ1) is 9.87. The Morgan fingerprint density at radius 3 is 2.76 bits per heavy atom. The normalized spacial score (nSPS) is 16.7. The fraction of sp³-hybridized carbons (Fsp3) is 0.611. The second kappa shape index (κ2) is 6.50. The van der Waals surface area contributed by atoms with Gasteiger partial charge in [0.15, 0.2) is 0 Å². The summed E-state index contributed by atoms with van der Waals surface area (Å²) in [5, 5.41) is 3.41. The van der Waals surface area contributed by atoms with Crippen molar-refractivity contribution in [3.63, 3.8) is 0 Å². The van der Waals surface area contributed by atoms with Gasteiger partial charge in [-0.2, -0.15) is 0 Å². The number of anilines is 2. The molecule has 1 atom stereocenters. The van der Waals surface area contributed by atoms with Crippen molar-refractivity contribution < 1.29 is 4.79 Å². The van der Waals surface area contributed by atoms with Crippen molar-refractivity contribution in [3.8, 4) is 0 Å². The maximum atomic E-state index is 12.7. The lowest BCUT2D eigenvalue weighted by atomic mass is 9.84. The number of carbonyl (C=O) groups is 1. The SMILES string of the molecule is CC(CC(=O)N1CCCNc2ccccc21)CC(C)(C)C. The zero-order valence-electron chi connectivity index (χ0n) is 13.8. The minimum atomic E-state index is 0.253. The maximum absolute atomic E-state index is 12.7. The fourth-order valence-electron chi connectivity index (χ4n) is 3.22. The predicted octanol–water partition coefficient (Wildman–Crippen LogP) is 4.30. The Balaban J connectivity index is 2.08. The average Bonchev–Trinajstić information content (AvgIpc) is 2.58. The molecule has 3 nitrogen and oxygen atoms in total. The topological polar surface area (TPSA) is 32.3 Å². The van der Waals surface area contributed by atoms with Crippen molar-refractivity contribution in [2.75, 3.05) is 23.3 Å². The van der Waals surface area contributed by atoms with Gasteiger partial charge in [0.2, 0.25) is 5.91 Å². The van der Waals surface area contributed by atoms with Gasteiger partial charge in [0.25, 0.3) is 0 Å². The number of nitrogens with zero attached hydrogens (tertiary/aromatic N) is 1. The predicted molar refractivity (Wildman–Crippen MR) is 89.8 cm³/mol. The van der Waals surface area contributed by atoms with Crippen LogP contribution in [0.15, 0.2) is 24.3 Å². The molecular formula is C18H28N2O. The standard InChI is InChI=1S/C18H28N2O/c1-14(13-18(2,3)4)12-17(21)20-11-7-10-19-15-8-5-6-9-16(15)20/h5-6,8-9,14,19H,7,10-13H2,1-4H3. The molecule has 1 unspecified atom stereocenters. The van der Waals surface area contributed by atoms with Crippen LogP contribution in [0, 0.1) is 11.3 Å². The Kier molecular flexibility index (Phi) is 4.92. The number of benzene rings is 1. The van der Waals surface area contributed by atoms with Gasteiger partial charge in [0.05, 0.1) is 11.4 Å². The molecule has 1 heterocycles. The molecule has 0 bridgehead atoms. The summed E-state index contributed by atoms with van der Waals surface area (Å²) in [6, 6.07) is 8.12. The summed E-state index contributed by atoms with van der Waals surface area (Å²) in [6.45, 7) is 10.6. The van der Waals surface area contributed by atoms with Crippen LogP contribution in [0.5, 0.6) is 0 Å². The minimum absolute atomic E-state index is 0.253. The van der Waals surface area contributed by atoms with E-state index in [-0.39, 0.29) is 11.3 Å². The van der Waals surface area contributed by atoms with Crippen LogP contribution in [-0.4, -0.2) is 19.0 Å². The number of rotatable bonds is 3. The van der Waals surface area contributed by atoms with E-state index >= 15 is 0 Å². The third kappa shape index (κ3) is 4.48. The van der Waals surface area contributed by atoms with Crippen molar-refractivity contribution in [2.45, 2.75) is 47.0 Å². The lowest BCUT2D eigenvalue weighted by Crippen LogP contribution is -2.33. The van der Waals surface area contributed by atoms with Gasteiger partial charge in [0, 0.05) is 19.5 Å². The van der Waals surface area contributed by atoms with Crippen LogP contribution >= 0.6 is 0 Å². The summed E-state index contributed by atoms with van der Waals surface area (Å²) >= 11 is 0. The average molecular weight is 288 g/mol. The largest absolute Gasteiger partial charge is 0.383 e. The second-order valence-electron chi connectivity index (χ2n) is 7.42. The molecule has 0 aliphatic carbocycles. The molecule has 0 saturated heterocycles. The molecule has 1 aliphatic heterocycles. The van der Waals surface area contributed by atoms with E-state index in [1.165, 1.54) is 0 Å². The number of para-hydroxylation sites is 2. The molecule has 21 heavy (non-hydrogen) atoms. The van der Waals surface area contributed by atoms with E-state index in [4.69, 9.17) is 0 Å². The smallest absolute Gasteiger partial charge is 0.227 e. The van der Waals surface area contributed by atoms with Crippen molar-refractivity contribution in [1.29, 1.82) is 0 Å². The Hall–Kier alpha value is -1.51. The van der Waals surface area contributed by atoms with Crippen molar-refractivity contribution in [1.82, 2.24) is 0 Å². The molecule has 0 fully saturated rings. The van der Waals surface area contributed by atoms with Crippen LogP contribution in [0.2, 0.25) is 0 Å². The van der Waals surface area contributed by atoms with Crippen molar-refractivity contribution in [2.24, 2.45) is 11.3 Å².